The molecule has 2 unspecified atom stereocenters. The van der Waals surface area contributed by atoms with Gasteiger partial charge in [0.2, 0.25) is 0 Å². The van der Waals surface area contributed by atoms with Gasteiger partial charge in [0.25, 0.3) is 0 Å². The maximum atomic E-state index is 10.6. The van der Waals surface area contributed by atoms with E-state index in [1.165, 1.54) is 6.92 Å². The van der Waals surface area contributed by atoms with E-state index in [-0.39, 0.29) is 18.3 Å². The summed E-state index contributed by atoms with van der Waals surface area (Å²) in [6.07, 6.45) is 2.31. The van der Waals surface area contributed by atoms with Gasteiger partial charge in [-0.2, -0.15) is 0 Å². The van der Waals surface area contributed by atoms with Gasteiger partial charge in [0.05, 0.1) is 12.2 Å². The largest absolute Gasteiger partial charge is 0.393 e. The molecule has 13 heavy (non-hydrogen) atoms. The van der Waals surface area contributed by atoms with Gasteiger partial charge < -0.3 is 10.2 Å². The van der Waals surface area contributed by atoms with Gasteiger partial charge in [0.15, 0.2) is 0 Å². The lowest BCUT2D eigenvalue weighted by Crippen LogP contribution is -2.12. The standard InChI is InChI=1S/C10H20O3/c1-3-9(12)5-4-6-10(13)7-8(2)11/h9-10,12-13H,3-7H2,1-2H3. The monoisotopic (exact) mass is 188 g/mol. The number of hydrogen-bond donors (Lipinski definition) is 2. The van der Waals surface area contributed by atoms with Gasteiger partial charge in [-0.25, -0.2) is 0 Å². The summed E-state index contributed by atoms with van der Waals surface area (Å²) >= 11 is 0. The molecule has 0 rings (SSSR count). The van der Waals surface area contributed by atoms with Gasteiger partial charge in [-0.05, 0) is 32.6 Å². The zero-order chi connectivity index (χ0) is 10.3. The Balaban J connectivity index is 3.36. The quantitative estimate of drug-likeness (QED) is 0.632. The Hall–Kier alpha value is -0.410. The van der Waals surface area contributed by atoms with Crippen LogP contribution in [0, 0.1) is 0 Å². The third-order valence-corrected chi connectivity index (χ3v) is 2.07. The summed E-state index contributed by atoms with van der Waals surface area (Å²) in [5, 5.41) is 18.5. The van der Waals surface area contributed by atoms with E-state index < -0.39 is 6.10 Å². The maximum absolute atomic E-state index is 10.6. The van der Waals surface area contributed by atoms with Crippen molar-refractivity contribution in [1.29, 1.82) is 0 Å². The third kappa shape index (κ3) is 7.94. The molecule has 3 nitrogen and oxygen atoms in total. The maximum Gasteiger partial charge on any atom is 0.132 e. The predicted octanol–water partition coefficient (Wildman–Crippen LogP) is 1.27. The van der Waals surface area contributed by atoms with E-state index in [0.29, 0.717) is 12.8 Å². The first-order valence-electron chi connectivity index (χ1n) is 4.91. The van der Waals surface area contributed by atoms with Crippen molar-refractivity contribution in [3.8, 4) is 0 Å². The summed E-state index contributed by atoms with van der Waals surface area (Å²) in [6.45, 7) is 3.40. The van der Waals surface area contributed by atoms with Crippen LogP contribution in [-0.2, 0) is 4.79 Å². The molecular weight excluding hydrogens is 168 g/mol. The molecule has 0 aromatic carbocycles. The van der Waals surface area contributed by atoms with Crippen LogP contribution in [0.1, 0.15) is 46.0 Å². The smallest absolute Gasteiger partial charge is 0.132 e. The number of rotatable bonds is 7. The fourth-order valence-electron chi connectivity index (χ4n) is 1.23. The minimum atomic E-state index is -0.526. The molecule has 0 aromatic rings. The summed E-state index contributed by atoms with van der Waals surface area (Å²) in [6, 6.07) is 0. The van der Waals surface area contributed by atoms with E-state index in [1.54, 1.807) is 0 Å². The molecule has 0 saturated carbocycles. The average Bonchev–Trinajstić information content (AvgIpc) is 2.02. The molecule has 0 heterocycles. The van der Waals surface area contributed by atoms with Crippen molar-refractivity contribution in [2.75, 3.05) is 0 Å². The highest BCUT2D eigenvalue weighted by Gasteiger charge is 2.08. The fraction of sp³-hybridized carbons (Fsp3) is 0.900. The fourth-order valence-corrected chi connectivity index (χ4v) is 1.23. The lowest BCUT2D eigenvalue weighted by molar-refractivity contribution is -0.118. The van der Waals surface area contributed by atoms with Crippen LogP contribution in [0.15, 0.2) is 0 Å². The minimum absolute atomic E-state index is 0.0172. The van der Waals surface area contributed by atoms with Gasteiger partial charge >= 0.3 is 0 Å². The average molecular weight is 188 g/mol. The van der Waals surface area contributed by atoms with Crippen molar-refractivity contribution in [1.82, 2.24) is 0 Å². The highest BCUT2D eigenvalue weighted by atomic mass is 16.3. The van der Waals surface area contributed by atoms with E-state index >= 15 is 0 Å². The summed E-state index contributed by atoms with van der Waals surface area (Å²) in [7, 11) is 0. The molecule has 0 saturated heterocycles. The molecule has 3 heteroatoms. The van der Waals surface area contributed by atoms with Crippen LogP contribution in [0.4, 0.5) is 0 Å². The number of aliphatic hydroxyl groups is 2. The van der Waals surface area contributed by atoms with Crippen molar-refractivity contribution in [2.45, 2.75) is 58.2 Å². The van der Waals surface area contributed by atoms with Crippen LogP contribution in [0.5, 0.6) is 0 Å². The Morgan fingerprint density at radius 1 is 1.23 bits per heavy atom. The summed E-state index contributed by atoms with van der Waals surface area (Å²) in [4.78, 5) is 10.6. The molecule has 0 aliphatic rings. The first-order chi connectivity index (χ1) is 6.06. The summed E-state index contributed by atoms with van der Waals surface area (Å²) in [5.74, 6) is 0.0172. The first-order valence-corrected chi connectivity index (χ1v) is 4.91. The first kappa shape index (κ1) is 12.6. The van der Waals surface area contributed by atoms with Gasteiger partial charge in [0.1, 0.15) is 5.78 Å². The van der Waals surface area contributed by atoms with E-state index in [0.717, 1.165) is 12.8 Å². The van der Waals surface area contributed by atoms with Crippen LogP contribution >= 0.6 is 0 Å². The molecule has 0 spiro atoms. The number of ketones is 1. The molecule has 0 radical (unpaired) electrons. The van der Waals surface area contributed by atoms with E-state index in [4.69, 9.17) is 0 Å². The van der Waals surface area contributed by atoms with E-state index in [9.17, 15) is 15.0 Å². The lowest BCUT2D eigenvalue weighted by Gasteiger charge is -2.10. The van der Waals surface area contributed by atoms with Gasteiger partial charge in [-0.3, -0.25) is 4.79 Å². The Bertz CT molecular complexity index is 145. The Kier molecular flexibility index (Phi) is 6.82. The summed E-state index contributed by atoms with van der Waals surface area (Å²) < 4.78 is 0. The molecule has 0 aliphatic heterocycles. The van der Waals surface area contributed by atoms with E-state index in [2.05, 4.69) is 0 Å². The Morgan fingerprint density at radius 2 is 1.77 bits per heavy atom. The molecule has 0 aromatic heterocycles. The molecule has 2 atom stereocenters. The number of Topliss-reactive ketones (excluding diaryl/α,β-unsaturated/α-hetero) is 1. The van der Waals surface area contributed by atoms with Crippen molar-refractivity contribution < 1.29 is 15.0 Å². The van der Waals surface area contributed by atoms with Crippen LogP contribution in [0.2, 0.25) is 0 Å². The van der Waals surface area contributed by atoms with Crippen molar-refractivity contribution in [3.63, 3.8) is 0 Å². The van der Waals surface area contributed by atoms with Crippen LogP contribution in [0.3, 0.4) is 0 Å². The highest BCUT2D eigenvalue weighted by Crippen LogP contribution is 2.08. The molecule has 0 fully saturated rings. The second-order valence-electron chi connectivity index (χ2n) is 3.55. The van der Waals surface area contributed by atoms with E-state index in [1.807, 2.05) is 6.92 Å². The molecule has 0 amide bonds. The molecule has 78 valence electrons. The van der Waals surface area contributed by atoms with Crippen molar-refractivity contribution >= 4 is 5.78 Å². The molecule has 0 aliphatic carbocycles. The van der Waals surface area contributed by atoms with Crippen LogP contribution in [-0.4, -0.2) is 28.2 Å². The zero-order valence-corrected chi connectivity index (χ0v) is 8.49. The van der Waals surface area contributed by atoms with Crippen molar-refractivity contribution in [2.24, 2.45) is 0 Å². The van der Waals surface area contributed by atoms with Gasteiger partial charge in [-0.1, -0.05) is 6.92 Å². The third-order valence-electron chi connectivity index (χ3n) is 2.07. The lowest BCUT2D eigenvalue weighted by atomic mass is 10.0. The highest BCUT2D eigenvalue weighted by molar-refractivity contribution is 5.75. The number of carbonyl (C=O) groups excluding carboxylic acids is 1. The Labute approximate surface area is 79.8 Å². The SMILES string of the molecule is CCC(O)CCCC(O)CC(C)=O. The van der Waals surface area contributed by atoms with Crippen LogP contribution in [0.25, 0.3) is 0 Å². The van der Waals surface area contributed by atoms with Crippen molar-refractivity contribution in [3.05, 3.63) is 0 Å². The summed E-state index contributed by atoms with van der Waals surface area (Å²) in [5.41, 5.74) is 0. The second-order valence-corrected chi connectivity index (χ2v) is 3.55. The zero-order valence-electron chi connectivity index (χ0n) is 8.49. The number of hydrogen-bond acceptors (Lipinski definition) is 3. The number of carbonyl (C=O) groups is 1. The molecule has 2 N–H and O–H groups in total. The normalized spacial score (nSPS) is 15.4. The Morgan fingerprint density at radius 3 is 2.23 bits per heavy atom. The van der Waals surface area contributed by atoms with Gasteiger partial charge in [0, 0.05) is 6.42 Å². The van der Waals surface area contributed by atoms with Gasteiger partial charge in [-0.15, -0.1) is 0 Å². The predicted molar refractivity (Wildman–Crippen MR) is 51.5 cm³/mol. The minimum Gasteiger partial charge on any atom is -0.393 e. The topological polar surface area (TPSA) is 57.5 Å². The second kappa shape index (κ2) is 7.04. The molecular formula is C10H20O3. The number of aliphatic hydroxyl groups excluding tert-OH is 2. The van der Waals surface area contributed by atoms with Crippen LogP contribution < -0.4 is 0 Å². The molecule has 0 bridgehead atoms.